The van der Waals surface area contributed by atoms with Gasteiger partial charge in [-0.2, -0.15) is 0 Å². The highest BCUT2D eigenvalue weighted by molar-refractivity contribution is 5.89. The summed E-state index contributed by atoms with van der Waals surface area (Å²) < 4.78 is 0. The molecule has 2 heterocycles. The average Bonchev–Trinajstić information content (AvgIpc) is 3.19. The van der Waals surface area contributed by atoms with Gasteiger partial charge in [0.05, 0.1) is 0 Å². The first-order valence-corrected chi connectivity index (χ1v) is 8.57. The van der Waals surface area contributed by atoms with Crippen LogP contribution in [0.25, 0.3) is 0 Å². The topological polar surface area (TPSA) is 61.4 Å². The summed E-state index contributed by atoms with van der Waals surface area (Å²) in [4.78, 5) is 27.0. The molecule has 2 saturated heterocycles. The highest BCUT2D eigenvalue weighted by Crippen LogP contribution is 2.29. The Morgan fingerprint density at radius 2 is 1.77 bits per heavy atom. The van der Waals surface area contributed by atoms with Crippen molar-refractivity contribution in [3.63, 3.8) is 0 Å². The molecule has 22 heavy (non-hydrogen) atoms. The molecule has 3 aliphatic rings. The summed E-state index contributed by atoms with van der Waals surface area (Å²) >= 11 is 0. The van der Waals surface area contributed by atoms with Crippen LogP contribution in [0.1, 0.15) is 51.4 Å². The first-order valence-electron chi connectivity index (χ1n) is 8.57. The Labute approximate surface area is 139 Å². The van der Waals surface area contributed by atoms with Gasteiger partial charge in [0.25, 0.3) is 0 Å². The lowest BCUT2D eigenvalue weighted by molar-refractivity contribution is -0.141. The number of hydrogen-bond acceptors (Lipinski definition) is 3. The summed E-state index contributed by atoms with van der Waals surface area (Å²) in [6.45, 7) is 2.66. The molecule has 3 fully saturated rings. The molecule has 2 atom stereocenters. The van der Waals surface area contributed by atoms with Crippen LogP contribution in [0.4, 0.5) is 0 Å². The Bertz CT molecular complexity index is 393. The van der Waals surface area contributed by atoms with E-state index in [9.17, 15) is 9.59 Å². The molecule has 1 saturated carbocycles. The van der Waals surface area contributed by atoms with Gasteiger partial charge in [0, 0.05) is 25.0 Å². The Morgan fingerprint density at radius 3 is 2.45 bits per heavy atom. The molecule has 2 amide bonds. The second kappa shape index (κ2) is 8.16. The maximum atomic E-state index is 12.6. The summed E-state index contributed by atoms with van der Waals surface area (Å²) in [7, 11) is 0. The SMILES string of the molecule is Cl.O=C(N[C@H]1CCCNC1)C1CCCN1C(=O)C1CCCC1. The summed E-state index contributed by atoms with van der Waals surface area (Å²) in [5, 5.41) is 6.46. The van der Waals surface area contributed by atoms with Gasteiger partial charge in [0.15, 0.2) is 0 Å². The molecule has 2 aliphatic heterocycles. The largest absolute Gasteiger partial charge is 0.350 e. The molecule has 1 aliphatic carbocycles. The van der Waals surface area contributed by atoms with Gasteiger partial charge >= 0.3 is 0 Å². The molecule has 1 unspecified atom stereocenters. The Morgan fingerprint density at radius 1 is 1.00 bits per heavy atom. The third kappa shape index (κ3) is 3.93. The molecule has 0 spiro atoms. The number of likely N-dealkylation sites (tertiary alicyclic amines) is 1. The molecule has 0 aromatic carbocycles. The van der Waals surface area contributed by atoms with Crippen LogP contribution in [-0.2, 0) is 9.59 Å². The zero-order chi connectivity index (χ0) is 14.7. The number of carbonyl (C=O) groups excluding carboxylic acids is 2. The van der Waals surface area contributed by atoms with Gasteiger partial charge < -0.3 is 15.5 Å². The number of halogens is 1. The highest BCUT2D eigenvalue weighted by atomic mass is 35.5. The zero-order valence-corrected chi connectivity index (χ0v) is 14.0. The summed E-state index contributed by atoms with van der Waals surface area (Å²) in [6.07, 6.45) is 8.28. The minimum absolute atomic E-state index is 0. The van der Waals surface area contributed by atoms with Crippen LogP contribution in [0.15, 0.2) is 0 Å². The third-order valence-electron chi connectivity index (χ3n) is 5.19. The number of rotatable bonds is 3. The molecule has 2 N–H and O–H groups in total. The fourth-order valence-corrected chi connectivity index (χ4v) is 3.98. The summed E-state index contributed by atoms with van der Waals surface area (Å²) in [5.41, 5.74) is 0. The minimum Gasteiger partial charge on any atom is -0.350 e. The molecule has 5 nitrogen and oxygen atoms in total. The van der Waals surface area contributed by atoms with Crippen molar-refractivity contribution in [1.29, 1.82) is 0 Å². The van der Waals surface area contributed by atoms with E-state index in [2.05, 4.69) is 10.6 Å². The van der Waals surface area contributed by atoms with Gasteiger partial charge in [0.2, 0.25) is 11.8 Å². The summed E-state index contributed by atoms with van der Waals surface area (Å²) in [6, 6.07) is 0.00955. The molecule has 6 heteroatoms. The van der Waals surface area contributed by atoms with Crippen LogP contribution in [0.5, 0.6) is 0 Å². The molecular formula is C16H28ClN3O2. The molecule has 126 valence electrons. The van der Waals surface area contributed by atoms with Gasteiger partial charge in [-0.15, -0.1) is 12.4 Å². The van der Waals surface area contributed by atoms with Crippen molar-refractivity contribution >= 4 is 24.2 Å². The van der Waals surface area contributed by atoms with Gasteiger partial charge in [-0.1, -0.05) is 12.8 Å². The number of nitrogens with one attached hydrogen (secondary N) is 2. The first-order chi connectivity index (χ1) is 10.3. The standard InChI is InChI=1S/C16H27N3O2.ClH/c20-15(18-13-7-3-9-17-11-13)14-8-4-10-19(14)16(21)12-5-1-2-6-12;/h12-14,17H,1-11H2,(H,18,20);1H/t13-,14?;/m0./s1. The monoisotopic (exact) mass is 329 g/mol. The van der Waals surface area contributed by atoms with Crippen molar-refractivity contribution < 1.29 is 9.59 Å². The van der Waals surface area contributed by atoms with E-state index >= 15 is 0 Å². The lowest BCUT2D eigenvalue weighted by Gasteiger charge is -2.30. The van der Waals surface area contributed by atoms with E-state index in [1.54, 1.807) is 0 Å². The van der Waals surface area contributed by atoms with Gasteiger partial charge in [-0.25, -0.2) is 0 Å². The molecule has 3 rings (SSSR count). The third-order valence-corrected chi connectivity index (χ3v) is 5.19. The predicted molar refractivity (Wildman–Crippen MR) is 88.0 cm³/mol. The van der Waals surface area contributed by atoms with Crippen molar-refractivity contribution in [1.82, 2.24) is 15.5 Å². The van der Waals surface area contributed by atoms with Crippen LogP contribution >= 0.6 is 12.4 Å². The van der Waals surface area contributed by atoms with Crippen LogP contribution < -0.4 is 10.6 Å². The van der Waals surface area contributed by atoms with E-state index in [4.69, 9.17) is 0 Å². The molecule has 0 bridgehead atoms. The van der Waals surface area contributed by atoms with E-state index in [1.807, 2.05) is 4.90 Å². The average molecular weight is 330 g/mol. The van der Waals surface area contributed by atoms with Gasteiger partial charge in [-0.3, -0.25) is 9.59 Å². The lowest BCUT2D eigenvalue weighted by atomic mass is 10.0. The van der Waals surface area contributed by atoms with E-state index in [0.29, 0.717) is 0 Å². The minimum atomic E-state index is -0.222. The van der Waals surface area contributed by atoms with Crippen molar-refractivity contribution in [2.24, 2.45) is 5.92 Å². The van der Waals surface area contributed by atoms with Crippen LogP contribution in [-0.4, -0.2) is 48.4 Å². The maximum Gasteiger partial charge on any atom is 0.243 e. The first kappa shape index (κ1) is 17.5. The van der Waals surface area contributed by atoms with E-state index in [0.717, 1.165) is 71.0 Å². The van der Waals surface area contributed by atoms with Crippen LogP contribution in [0.3, 0.4) is 0 Å². The predicted octanol–water partition coefficient (Wildman–Crippen LogP) is 1.46. The van der Waals surface area contributed by atoms with Gasteiger partial charge in [-0.05, 0) is 45.1 Å². The van der Waals surface area contributed by atoms with Crippen molar-refractivity contribution in [2.75, 3.05) is 19.6 Å². The molecule has 0 aromatic heterocycles. The molecular weight excluding hydrogens is 302 g/mol. The van der Waals surface area contributed by atoms with E-state index in [1.165, 1.54) is 0 Å². The number of piperidine rings is 1. The van der Waals surface area contributed by atoms with Crippen molar-refractivity contribution in [2.45, 2.75) is 63.5 Å². The van der Waals surface area contributed by atoms with Crippen LogP contribution in [0.2, 0.25) is 0 Å². The Hall–Kier alpha value is -0.810. The van der Waals surface area contributed by atoms with E-state index in [-0.39, 0.29) is 42.2 Å². The molecule has 0 aromatic rings. The smallest absolute Gasteiger partial charge is 0.243 e. The summed E-state index contributed by atoms with van der Waals surface area (Å²) in [5.74, 6) is 0.467. The number of hydrogen-bond donors (Lipinski definition) is 2. The van der Waals surface area contributed by atoms with Crippen molar-refractivity contribution in [3.8, 4) is 0 Å². The second-order valence-corrected chi connectivity index (χ2v) is 6.72. The fourth-order valence-electron chi connectivity index (χ4n) is 3.98. The van der Waals surface area contributed by atoms with Gasteiger partial charge in [0.1, 0.15) is 6.04 Å². The second-order valence-electron chi connectivity index (χ2n) is 6.72. The molecule has 0 radical (unpaired) electrons. The number of carbonyl (C=O) groups is 2. The maximum absolute atomic E-state index is 12.6. The zero-order valence-electron chi connectivity index (χ0n) is 13.2. The van der Waals surface area contributed by atoms with Crippen molar-refractivity contribution in [3.05, 3.63) is 0 Å². The number of amides is 2. The number of nitrogens with zero attached hydrogens (tertiary/aromatic N) is 1. The highest BCUT2D eigenvalue weighted by Gasteiger charge is 2.38. The quantitative estimate of drug-likeness (QED) is 0.824. The van der Waals surface area contributed by atoms with E-state index < -0.39 is 0 Å². The van der Waals surface area contributed by atoms with Crippen LogP contribution in [0, 0.1) is 5.92 Å². The Kier molecular flexibility index (Phi) is 6.50. The lowest BCUT2D eigenvalue weighted by Crippen LogP contribution is -2.53. The fraction of sp³-hybridized carbons (Fsp3) is 0.875. The normalized spacial score (nSPS) is 29.2. The Balaban J connectivity index is 0.00000176.